The average molecular weight is 178 g/mol. The van der Waals surface area contributed by atoms with Gasteiger partial charge in [0, 0.05) is 5.56 Å². The van der Waals surface area contributed by atoms with Gasteiger partial charge < -0.3 is 4.42 Å². The normalized spacial score (nSPS) is 11.8. The first-order chi connectivity index (χ1) is 5.05. The molecule has 0 bridgehead atoms. The van der Waals surface area contributed by atoms with Crippen LogP contribution in [0.4, 0.5) is 3.89 Å². The summed E-state index contributed by atoms with van der Waals surface area (Å²) >= 11 is 0. The molecule has 0 saturated carbocycles. The molecule has 0 saturated heterocycles. The molecule has 1 aromatic heterocycles. The Bertz CT molecular complexity index is 338. The third kappa shape index (κ3) is 1.59. The van der Waals surface area contributed by atoms with Crippen LogP contribution < -0.4 is 0 Å². The molecule has 3 nitrogen and oxygen atoms in total. The van der Waals surface area contributed by atoms with Crippen molar-refractivity contribution in [2.45, 2.75) is 18.4 Å². The van der Waals surface area contributed by atoms with Gasteiger partial charge >= 0.3 is 10.2 Å². The summed E-state index contributed by atoms with van der Waals surface area (Å²) in [6.45, 7) is 1.72. The Labute approximate surface area is 64.0 Å². The van der Waals surface area contributed by atoms with Crippen molar-refractivity contribution in [3.8, 4) is 0 Å². The van der Waals surface area contributed by atoms with Gasteiger partial charge in [-0.1, -0.05) is 10.8 Å². The van der Waals surface area contributed by atoms with Crippen molar-refractivity contribution in [1.29, 1.82) is 0 Å². The van der Waals surface area contributed by atoms with Gasteiger partial charge in [0.05, 0.1) is 6.26 Å². The SMILES string of the molecule is CCc1ccoc1S(=O)(=O)F. The monoisotopic (exact) mass is 178 g/mol. The van der Waals surface area contributed by atoms with Gasteiger partial charge in [-0.25, -0.2) is 0 Å². The second-order valence-electron chi connectivity index (χ2n) is 2.02. The Balaban J connectivity index is 3.24. The van der Waals surface area contributed by atoms with E-state index in [0.717, 1.165) is 6.26 Å². The van der Waals surface area contributed by atoms with E-state index in [9.17, 15) is 12.3 Å². The first kappa shape index (κ1) is 8.26. The standard InChI is InChI=1S/C6H7FO3S/c1-2-5-3-4-10-6(5)11(7,8)9/h3-4H,2H2,1H3. The molecule has 0 aliphatic carbocycles. The summed E-state index contributed by atoms with van der Waals surface area (Å²) in [5.74, 6) is 0. The predicted octanol–water partition coefficient (Wildman–Crippen LogP) is 1.50. The molecule has 1 rings (SSSR count). The van der Waals surface area contributed by atoms with Crippen molar-refractivity contribution in [1.82, 2.24) is 0 Å². The van der Waals surface area contributed by atoms with E-state index in [-0.39, 0.29) is 0 Å². The minimum Gasteiger partial charge on any atom is -0.450 e. The van der Waals surface area contributed by atoms with Crippen molar-refractivity contribution in [3.05, 3.63) is 17.9 Å². The summed E-state index contributed by atoms with van der Waals surface area (Å²) in [6, 6.07) is 1.44. The highest BCUT2D eigenvalue weighted by Crippen LogP contribution is 2.19. The van der Waals surface area contributed by atoms with Gasteiger partial charge in [-0.15, -0.1) is 0 Å². The summed E-state index contributed by atoms with van der Waals surface area (Å²) < 4.78 is 37.4. The number of furan rings is 1. The second-order valence-corrected chi connectivity index (χ2v) is 3.27. The van der Waals surface area contributed by atoms with Crippen LogP contribution in [-0.4, -0.2) is 8.42 Å². The van der Waals surface area contributed by atoms with E-state index in [1.807, 2.05) is 0 Å². The Morgan fingerprint density at radius 1 is 1.64 bits per heavy atom. The Morgan fingerprint density at radius 2 is 2.27 bits per heavy atom. The average Bonchev–Trinajstić information content (AvgIpc) is 2.31. The maximum absolute atomic E-state index is 12.3. The summed E-state index contributed by atoms with van der Waals surface area (Å²) in [4.78, 5) is 0. The largest absolute Gasteiger partial charge is 0.450 e. The molecule has 1 aromatic rings. The molecule has 11 heavy (non-hydrogen) atoms. The molecule has 0 amide bonds. The minimum atomic E-state index is -4.67. The lowest BCUT2D eigenvalue weighted by Crippen LogP contribution is -1.93. The number of aryl methyl sites for hydroxylation is 1. The zero-order chi connectivity index (χ0) is 8.48. The fraction of sp³-hybridized carbons (Fsp3) is 0.333. The highest BCUT2D eigenvalue weighted by molar-refractivity contribution is 7.86. The van der Waals surface area contributed by atoms with Crippen LogP contribution in [0.1, 0.15) is 12.5 Å². The molecule has 0 N–H and O–H groups in total. The van der Waals surface area contributed by atoms with E-state index in [2.05, 4.69) is 4.42 Å². The van der Waals surface area contributed by atoms with Crippen molar-refractivity contribution < 1.29 is 16.7 Å². The molecule has 0 aliphatic heterocycles. The van der Waals surface area contributed by atoms with Gasteiger partial charge in [0.25, 0.3) is 5.09 Å². The van der Waals surface area contributed by atoms with Gasteiger partial charge in [-0.2, -0.15) is 8.42 Å². The van der Waals surface area contributed by atoms with Crippen LogP contribution in [0.25, 0.3) is 0 Å². The van der Waals surface area contributed by atoms with E-state index in [4.69, 9.17) is 0 Å². The zero-order valence-corrected chi connectivity index (χ0v) is 6.69. The third-order valence-corrected chi connectivity index (χ3v) is 2.11. The van der Waals surface area contributed by atoms with Gasteiger partial charge in [-0.3, -0.25) is 0 Å². The topological polar surface area (TPSA) is 47.3 Å². The molecule has 62 valence electrons. The molecule has 0 atom stereocenters. The van der Waals surface area contributed by atoms with Gasteiger partial charge in [0.2, 0.25) is 0 Å². The lowest BCUT2D eigenvalue weighted by Gasteiger charge is -1.91. The van der Waals surface area contributed by atoms with E-state index in [1.165, 1.54) is 6.07 Å². The first-order valence-corrected chi connectivity index (χ1v) is 4.45. The zero-order valence-electron chi connectivity index (χ0n) is 5.87. The molecular weight excluding hydrogens is 171 g/mol. The minimum absolute atomic E-state index is 0.368. The number of halogens is 1. The number of hydrogen-bond donors (Lipinski definition) is 0. The van der Waals surface area contributed by atoms with Crippen LogP contribution in [0.3, 0.4) is 0 Å². The molecular formula is C6H7FO3S. The molecule has 0 aliphatic rings. The van der Waals surface area contributed by atoms with Crippen molar-refractivity contribution in [2.75, 3.05) is 0 Å². The van der Waals surface area contributed by atoms with Crippen LogP contribution in [0.2, 0.25) is 0 Å². The van der Waals surface area contributed by atoms with Crippen LogP contribution in [0.5, 0.6) is 0 Å². The van der Waals surface area contributed by atoms with Crippen molar-refractivity contribution in [2.24, 2.45) is 0 Å². The lowest BCUT2D eigenvalue weighted by atomic mass is 10.3. The summed E-state index contributed by atoms with van der Waals surface area (Å²) in [5, 5.41) is -0.569. The molecule has 0 radical (unpaired) electrons. The molecule has 0 spiro atoms. The molecule has 0 unspecified atom stereocenters. The summed E-state index contributed by atoms with van der Waals surface area (Å²) in [6.07, 6.45) is 1.60. The van der Waals surface area contributed by atoms with Crippen molar-refractivity contribution in [3.63, 3.8) is 0 Å². The molecule has 1 heterocycles. The summed E-state index contributed by atoms with van der Waals surface area (Å²) in [7, 11) is -4.67. The third-order valence-electron chi connectivity index (χ3n) is 1.31. The quantitative estimate of drug-likeness (QED) is 0.645. The Kier molecular flexibility index (Phi) is 1.99. The van der Waals surface area contributed by atoms with Gasteiger partial charge in [0.1, 0.15) is 0 Å². The van der Waals surface area contributed by atoms with Crippen LogP contribution in [0.15, 0.2) is 21.8 Å². The van der Waals surface area contributed by atoms with E-state index in [0.29, 0.717) is 12.0 Å². The maximum Gasteiger partial charge on any atom is 0.366 e. The van der Waals surface area contributed by atoms with Crippen LogP contribution in [0, 0.1) is 0 Å². The van der Waals surface area contributed by atoms with Gasteiger partial charge in [-0.05, 0) is 12.5 Å². The smallest absolute Gasteiger partial charge is 0.366 e. The van der Waals surface area contributed by atoms with Gasteiger partial charge in [0.15, 0.2) is 0 Å². The Morgan fingerprint density at radius 3 is 2.64 bits per heavy atom. The van der Waals surface area contributed by atoms with E-state index in [1.54, 1.807) is 6.92 Å². The first-order valence-electron chi connectivity index (χ1n) is 3.06. The highest BCUT2D eigenvalue weighted by atomic mass is 32.3. The number of hydrogen-bond acceptors (Lipinski definition) is 3. The fourth-order valence-corrected chi connectivity index (χ4v) is 1.49. The fourth-order valence-electron chi connectivity index (χ4n) is 0.798. The predicted molar refractivity (Wildman–Crippen MR) is 36.4 cm³/mol. The lowest BCUT2D eigenvalue weighted by molar-refractivity contribution is 0.429. The summed E-state index contributed by atoms with van der Waals surface area (Å²) in [5.41, 5.74) is 0.368. The number of rotatable bonds is 2. The Hall–Kier alpha value is -0.840. The van der Waals surface area contributed by atoms with E-state index >= 15 is 0 Å². The molecule has 0 aromatic carbocycles. The van der Waals surface area contributed by atoms with Crippen LogP contribution in [-0.2, 0) is 16.6 Å². The highest BCUT2D eigenvalue weighted by Gasteiger charge is 2.19. The molecule has 5 heteroatoms. The second kappa shape index (κ2) is 2.65. The van der Waals surface area contributed by atoms with E-state index < -0.39 is 15.3 Å². The maximum atomic E-state index is 12.3. The van der Waals surface area contributed by atoms with Crippen LogP contribution >= 0.6 is 0 Å². The molecule has 0 fully saturated rings. The van der Waals surface area contributed by atoms with Crippen molar-refractivity contribution >= 4 is 10.2 Å².